The third-order valence-corrected chi connectivity index (χ3v) is 7.17. The van der Waals surface area contributed by atoms with Crippen LogP contribution in [-0.2, 0) is 21.4 Å². The Labute approximate surface area is 191 Å². The van der Waals surface area contributed by atoms with Gasteiger partial charge in [-0.1, -0.05) is 36.4 Å². The van der Waals surface area contributed by atoms with Crippen LogP contribution in [0.3, 0.4) is 0 Å². The quantitative estimate of drug-likeness (QED) is 0.652. The first-order valence-corrected chi connectivity index (χ1v) is 11.9. The molecule has 2 aromatic rings. The lowest BCUT2D eigenvalue weighted by molar-refractivity contribution is -0.121. The molecule has 6 nitrogen and oxygen atoms in total. The Bertz CT molecular complexity index is 842. The van der Waals surface area contributed by atoms with Crippen LogP contribution in [0, 0.1) is 0 Å². The number of nitrogens with zero attached hydrogens (tertiary/aromatic N) is 2. The van der Waals surface area contributed by atoms with Gasteiger partial charge in [-0.15, -0.1) is 0 Å². The fourth-order valence-electron chi connectivity index (χ4n) is 5.21. The fourth-order valence-corrected chi connectivity index (χ4v) is 5.21. The molecule has 4 rings (SSSR count). The molecular formula is C26H35N3O3. The summed E-state index contributed by atoms with van der Waals surface area (Å²) in [7, 11) is 0. The number of pyridine rings is 1. The minimum absolute atomic E-state index is 0.0682. The predicted octanol–water partition coefficient (Wildman–Crippen LogP) is 2.70. The summed E-state index contributed by atoms with van der Waals surface area (Å²) in [6, 6.07) is 14.6. The molecule has 2 aliphatic rings. The third-order valence-electron chi connectivity index (χ3n) is 7.17. The number of carbonyl (C=O) groups is 1. The number of benzene rings is 1. The first-order valence-electron chi connectivity index (χ1n) is 11.9. The summed E-state index contributed by atoms with van der Waals surface area (Å²) in [4.78, 5) is 19.2. The summed E-state index contributed by atoms with van der Waals surface area (Å²) in [5.41, 5.74) is 2.17. The second-order valence-electron chi connectivity index (χ2n) is 9.14. The number of ether oxygens (including phenoxy) is 1. The van der Waals surface area contributed by atoms with Gasteiger partial charge in [0.05, 0.1) is 19.3 Å². The molecule has 2 fully saturated rings. The highest BCUT2D eigenvalue weighted by molar-refractivity contribution is 5.76. The average molecular weight is 438 g/mol. The van der Waals surface area contributed by atoms with E-state index < -0.39 is 0 Å². The van der Waals surface area contributed by atoms with Gasteiger partial charge < -0.3 is 15.2 Å². The number of carbonyl (C=O) groups excluding carboxylic acids is 1. The Balaban J connectivity index is 1.43. The molecule has 1 aliphatic heterocycles. The maximum atomic E-state index is 12.7. The molecule has 0 radical (unpaired) electrons. The van der Waals surface area contributed by atoms with E-state index in [-0.39, 0.29) is 23.5 Å². The minimum atomic E-state index is -0.347. The van der Waals surface area contributed by atoms with Crippen LogP contribution < -0.4 is 5.32 Å². The number of hydrogen-bond acceptors (Lipinski definition) is 5. The number of amides is 1. The van der Waals surface area contributed by atoms with Crippen molar-refractivity contribution in [2.45, 2.75) is 56.1 Å². The van der Waals surface area contributed by atoms with Crippen molar-refractivity contribution in [3.63, 3.8) is 0 Å². The molecule has 3 atom stereocenters. The molecule has 1 aromatic heterocycles. The lowest BCUT2D eigenvalue weighted by Gasteiger charge is -2.37. The standard InChI is InChI=1S/C26H35N3O3/c30-24-11-13-26(22-6-2-1-3-7-22,12-10-23(24)29-15-17-32-18-16-29)20-28-25(31)9-8-21-5-4-14-27-19-21/h1-7,14,19,23-24,30H,8-13,15-18,20H2,(H,28,31)/t23-,24-,26+/m0/s1. The average Bonchev–Trinajstić information content (AvgIpc) is 3.03. The molecule has 1 amide bonds. The molecule has 1 aliphatic carbocycles. The molecule has 6 heteroatoms. The zero-order valence-electron chi connectivity index (χ0n) is 18.8. The molecule has 172 valence electrons. The van der Waals surface area contributed by atoms with Crippen molar-refractivity contribution in [2.75, 3.05) is 32.8 Å². The Kier molecular flexibility index (Phi) is 7.90. The summed E-state index contributed by atoms with van der Waals surface area (Å²) in [6.07, 6.45) is 7.82. The van der Waals surface area contributed by atoms with Gasteiger partial charge >= 0.3 is 0 Å². The van der Waals surface area contributed by atoms with Crippen LogP contribution in [0.2, 0.25) is 0 Å². The van der Waals surface area contributed by atoms with Gasteiger partial charge in [0.2, 0.25) is 5.91 Å². The van der Waals surface area contributed by atoms with Crippen LogP contribution in [0.1, 0.15) is 43.2 Å². The molecular weight excluding hydrogens is 402 g/mol. The van der Waals surface area contributed by atoms with E-state index in [9.17, 15) is 9.90 Å². The molecule has 1 saturated carbocycles. The summed E-state index contributed by atoms with van der Waals surface area (Å²) < 4.78 is 5.51. The summed E-state index contributed by atoms with van der Waals surface area (Å²) >= 11 is 0. The third kappa shape index (κ3) is 5.74. The van der Waals surface area contributed by atoms with Crippen molar-refractivity contribution in [3.8, 4) is 0 Å². The maximum Gasteiger partial charge on any atom is 0.220 e. The van der Waals surface area contributed by atoms with E-state index in [2.05, 4.69) is 39.5 Å². The molecule has 2 heterocycles. The van der Waals surface area contributed by atoms with Crippen molar-refractivity contribution in [1.82, 2.24) is 15.2 Å². The Morgan fingerprint density at radius 1 is 1.12 bits per heavy atom. The van der Waals surface area contributed by atoms with Gasteiger partial charge in [0, 0.05) is 49.9 Å². The summed E-state index contributed by atoms with van der Waals surface area (Å²) in [6.45, 7) is 3.84. The maximum absolute atomic E-state index is 12.7. The van der Waals surface area contributed by atoms with Gasteiger partial charge in [-0.05, 0) is 49.3 Å². The van der Waals surface area contributed by atoms with Gasteiger partial charge in [-0.2, -0.15) is 0 Å². The number of nitrogens with one attached hydrogen (secondary N) is 1. The van der Waals surface area contributed by atoms with Crippen LogP contribution in [-0.4, -0.2) is 65.9 Å². The SMILES string of the molecule is O=C(CCc1cccnc1)NC[C@]1(c2ccccc2)CC[C@H](O)[C@@H](N2CCOCC2)CC1. The fraction of sp³-hybridized carbons (Fsp3) is 0.538. The first kappa shape index (κ1) is 22.9. The number of hydrogen-bond donors (Lipinski definition) is 2. The molecule has 32 heavy (non-hydrogen) atoms. The van der Waals surface area contributed by atoms with Crippen LogP contribution in [0.5, 0.6) is 0 Å². The van der Waals surface area contributed by atoms with Gasteiger partial charge in [0.25, 0.3) is 0 Å². The van der Waals surface area contributed by atoms with E-state index in [1.807, 2.05) is 24.4 Å². The van der Waals surface area contributed by atoms with E-state index in [1.54, 1.807) is 6.20 Å². The van der Waals surface area contributed by atoms with Crippen LogP contribution >= 0.6 is 0 Å². The highest BCUT2D eigenvalue weighted by Crippen LogP contribution is 2.39. The molecule has 0 unspecified atom stereocenters. The van der Waals surface area contributed by atoms with Gasteiger partial charge in [-0.25, -0.2) is 0 Å². The van der Waals surface area contributed by atoms with Crippen molar-refractivity contribution in [3.05, 3.63) is 66.0 Å². The highest BCUT2D eigenvalue weighted by atomic mass is 16.5. The van der Waals surface area contributed by atoms with Crippen molar-refractivity contribution < 1.29 is 14.6 Å². The lowest BCUT2D eigenvalue weighted by atomic mass is 9.74. The second kappa shape index (κ2) is 11.0. The van der Waals surface area contributed by atoms with Crippen LogP contribution in [0.25, 0.3) is 0 Å². The number of morpholine rings is 1. The normalized spacial score (nSPS) is 26.9. The first-order chi connectivity index (χ1) is 15.7. The smallest absolute Gasteiger partial charge is 0.220 e. The molecule has 2 N–H and O–H groups in total. The lowest BCUT2D eigenvalue weighted by Crippen LogP contribution is -2.48. The van der Waals surface area contributed by atoms with Gasteiger partial charge in [0.15, 0.2) is 0 Å². The highest BCUT2D eigenvalue weighted by Gasteiger charge is 2.40. The number of aryl methyl sites for hydroxylation is 1. The minimum Gasteiger partial charge on any atom is -0.391 e. The Hall–Kier alpha value is -2.28. The largest absolute Gasteiger partial charge is 0.391 e. The van der Waals surface area contributed by atoms with E-state index >= 15 is 0 Å². The summed E-state index contributed by atoms with van der Waals surface area (Å²) in [5, 5.41) is 14.2. The second-order valence-corrected chi connectivity index (χ2v) is 9.14. The van der Waals surface area contributed by atoms with E-state index in [0.717, 1.165) is 57.6 Å². The van der Waals surface area contributed by atoms with E-state index in [4.69, 9.17) is 4.74 Å². The molecule has 1 aromatic carbocycles. The number of aliphatic hydroxyl groups excluding tert-OH is 1. The van der Waals surface area contributed by atoms with E-state index in [1.165, 1.54) is 5.56 Å². The summed E-state index contributed by atoms with van der Waals surface area (Å²) in [5.74, 6) is 0.0682. The number of aliphatic hydroxyl groups is 1. The van der Waals surface area contributed by atoms with E-state index in [0.29, 0.717) is 19.4 Å². The monoisotopic (exact) mass is 437 g/mol. The molecule has 0 spiro atoms. The zero-order chi connectivity index (χ0) is 22.2. The molecule has 0 bridgehead atoms. The number of rotatable bonds is 7. The topological polar surface area (TPSA) is 74.7 Å². The van der Waals surface area contributed by atoms with Crippen molar-refractivity contribution in [2.24, 2.45) is 0 Å². The Morgan fingerprint density at radius 2 is 1.91 bits per heavy atom. The molecule has 1 saturated heterocycles. The van der Waals surface area contributed by atoms with Gasteiger partial charge in [0.1, 0.15) is 0 Å². The van der Waals surface area contributed by atoms with Crippen molar-refractivity contribution >= 4 is 5.91 Å². The zero-order valence-corrected chi connectivity index (χ0v) is 18.8. The van der Waals surface area contributed by atoms with Crippen LogP contribution in [0.4, 0.5) is 0 Å². The van der Waals surface area contributed by atoms with Crippen LogP contribution in [0.15, 0.2) is 54.9 Å². The Morgan fingerprint density at radius 3 is 2.66 bits per heavy atom. The predicted molar refractivity (Wildman–Crippen MR) is 124 cm³/mol. The van der Waals surface area contributed by atoms with Gasteiger partial charge in [-0.3, -0.25) is 14.7 Å². The number of aromatic nitrogens is 1. The van der Waals surface area contributed by atoms with Crippen molar-refractivity contribution in [1.29, 1.82) is 0 Å².